The average Bonchev–Trinajstić information content (AvgIpc) is 3.12. The summed E-state index contributed by atoms with van der Waals surface area (Å²) >= 11 is 0. The van der Waals surface area contributed by atoms with Gasteiger partial charge in [-0.1, -0.05) is 13.3 Å². The number of H-pyrrole nitrogens is 2. The van der Waals surface area contributed by atoms with Gasteiger partial charge in [0.25, 0.3) is 5.56 Å². The van der Waals surface area contributed by atoms with Crippen LogP contribution in [0.15, 0.2) is 40.2 Å². The first-order valence-electron chi connectivity index (χ1n) is 8.59. The van der Waals surface area contributed by atoms with Crippen LogP contribution in [0.1, 0.15) is 19.8 Å². The molecule has 156 valence electrons. The van der Waals surface area contributed by atoms with Crippen LogP contribution >= 0.6 is 0 Å². The van der Waals surface area contributed by atoms with Gasteiger partial charge >= 0.3 is 5.97 Å². The standard InChI is InChI=1S/C14H13N3O5S.C4H8O2/c1-17(7-12(18)19)23(21,22)8-2-3-11-10(6-8)9-4-5-15-13(9)14(20)16-11;1-2-3-4(5)6/h2-6,15H,7H2,1H3,(H,16,20)(H,18,19);2-3H2,1H3,(H,5,6)/p-1. The Morgan fingerprint density at radius 2 is 1.90 bits per heavy atom. The van der Waals surface area contributed by atoms with Crippen LogP contribution < -0.4 is 10.7 Å². The predicted molar refractivity (Wildman–Crippen MR) is 104 cm³/mol. The lowest BCUT2D eigenvalue weighted by atomic mass is 10.1. The lowest BCUT2D eigenvalue weighted by Crippen LogP contribution is -2.32. The number of likely N-dealkylation sites (N-methyl/N-ethyl adjacent to an activating group) is 1. The molecule has 0 radical (unpaired) electrons. The molecule has 3 rings (SSSR count). The van der Waals surface area contributed by atoms with E-state index in [1.165, 1.54) is 25.2 Å². The van der Waals surface area contributed by atoms with Crippen molar-refractivity contribution in [1.29, 1.82) is 0 Å². The highest BCUT2D eigenvalue weighted by Crippen LogP contribution is 2.24. The molecule has 0 aliphatic heterocycles. The molecule has 0 amide bonds. The summed E-state index contributed by atoms with van der Waals surface area (Å²) in [4.78, 5) is 37.5. The summed E-state index contributed by atoms with van der Waals surface area (Å²) < 4.78 is 25.6. The summed E-state index contributed by atoms with van der Waals surface area (Å²) in [6.07, 6.45) is 2.44. The second-order valence-electron chi connectivity index (χ2n) is 6.20. The SMILES string of the molecule is CCCC(=O)[O-].CN(CC(=O)O)S(=O)(=O)c1ccc2[nH]c(=O)c3[nH]ccc3c2c1. The van der Waals surface area contributed by atoms with Gasteiger partial charge in [-0.25, -0.2) is 8.42 Å². The van der Waals surface area contributed by atoms with Crippen molar-refractivity contribution in [3.63, 3.8) is 0 Å². The van der Waals surface area contributed by atoms with Crippen LogP contribution in [0, 0.1) is 0 Å². The molecule has 1 aromatic carbocycles. The van der Waals surface area contributed by atoms with E-state index in [0.29, 0.717) is 28.2 Å². The zero-order valence-electron chi connectivity index (χ0n) is 15.8. The number of carbonyl (C=O) groups is 2. The molecule has 0 fully saturated rings. The maximum Gasteiger partial charge on any atom is 0.318 e. The molecule has 0 atom stereocenters. The third-order valence-corrected chi connectivity index (χ3v) is 5.82. The van der Waals surface area contributed by atoms with Gasteiger partial charge in [-0.3, -0.25) is 9.59 Å². The number of nitrogens with one attached hydrogen (secondary N) is 2. The Morgan fingerprint density at radius 1 is 1.21 bits per heavy atom. The van der Waals surface area contributed by atoms with E-state index in [2.05, 4.69) is 9.97 Å². The highest BCUT2D eigenvalue weighted by Gasteiger charge is 2.23. The second kappa shape index (κ2) is 8.88. The van der Waals surface area contributed by atoms with Crippen LogP contribution in [0.5, 0.6) is 0 Å². The molecule has 0 saturated carbocycles. The Labute approximate surface area is 165 Å². The van der Waals surface area contributed by atoms with Crippen molar-refractivity contribution in [1.82, 2.24) is 14.3 Å². The molecule has 2 heterocycles. The Balaban J connectivity index is 0.000000438. The summed E-state index contributed by atoms with van der Waals surface area (Å²) in [7, 11) is -2.74. The Hall–Kier alpha value is -3.18. The van der Waals surface area contributed by atoms with E-state index < -0.39 is 28.5 Å². The minimum Gasteiger partial charge on any atom is -0.550 e. The minimum absolute atomic E-state index is 0.0386. The number of carboxylic acid groups (broad SMARTS) is 2. The number of rotatable bonds is 6. The number of nitrogens with zero attached hydrogens (tertiary/aromatic N) is 1. The molecular formula is C18H20N3O7S-. The van der Waals surface area contributed by atoms with Crippen molar-refractivity contribution < 1.29 is 28.2 Å². The van der Waals surface area contributed by atoms with E-state index in [0.717, 1.165) is 4.31 Å². The van der Waals surface area contributed by atoms with E-state index in [1.807, 2.05) is 0 Å². The number of aromatic amines is 2. The van der Waals surface area contributed by atoms with Crippen LogP contribution in [-0.2, 0) is 19.6 Å². The quantitative estimate of drug-likeness (QED) is 0.512. The molecule has 0 unspecified atom stereocenters. The molecule has 11 heteroatoms. The molecule has 0 saturated heterocycles. The van der Waals surface area contributed by atoms with E-state index in [-0.39, 0.29) is 16.9 Å². The third kappa shape index (κ3) is 5.00. The first-order valence-corrected chi connectivity index (χ1v) is 10.0. The summed E-state index contributed by atoms with van der Waals surface area (Å²) in [5.74, 6) is -2.20. The van der Waals surface area contributed by atoms with Gasteiger partial charge < -0.3 is 25.0 Å². The van der Waals surface area contributed by atoms with Crippen LogP contribution in [0.2, 0.25) is 0 Å². The Kier molecular flexibility index (Phi) is 6.77. The van der Waals surface area contributed by atoms with Gasteiger partial charge in [0.1, 0.15) is 12.1 Å². The molecule has 3 aromatic rings. The fraction of sp³-hybridized carbons (Fsp3) is 0.278. The van der Waals surface area contributed by atoms with E-state index in [9.17, 15) is 27.9 Å². The molecular weight excluding hydrogens is 402 g/mol. The van der Waals surface area contributed by atoms with E-state index in [1.54, 1.807) is 19.2 Å². The normalized spacial score (nSPS) is 11.4. The largest absolute Gasteiger partial charge is 0.550 e. The van der Waals surface area contributed by atoms with Crippen molar-refractivity contribution in [2.75, 3.05) is 13.6 Å². The van der Waals surface area contributed by atoms with Crippen LogP contribution in [0.4, 0.5) is 0 Å². The van der Waals surface area contributed by atoms with Crippen molar-refractivity contribution in [2.24, 2.45) is 0 Å². The molecule has 0 bridgehead atoms. The second-order valence-corrected chi connectivity index (χ2v) is 8.25. The van der Waals surface area contributed by atoms with Crippen LogP contribution in [0.3, 0.4) is 0 Å². The molecule has 29 heavy (non-hydrogen) atoms. The van der Waals surface area contributed by atoms with Crippen molar-refractivity contribution in [3.8, 4) is 0 Å². The first-order chi connectivity index (χ1) is 13.6. The topological polar surface area (TPSA) is 163 Å². The predicted octanol–water partition coefficient (Wildman–Crippen LogP) is 0.251. The van der Waals surface area contributed by atoms with Crippen molar-refractivity contribution in [3.05, 3.63) is 40.8 Å². The van der Waals surface area contributed by atoms with Gasteiger partial charge in [-0.15, -0.1) is 0 Å². The van der Waals surface area contributed by atoms with Gasteiger partial charge in [-0.05, 0) is 30.7 Å². The maximum absolute atomic E-state index is 12.4. The highest BCUT2D eigenvalue weighted by molar-refractivity contribution is 7.89. The van der Waals surface area contributed by atoms with Gasteiger partial charge in [0.05, 0.1) is 4.90 Å². The number of hydrogen-bond donors (Lipinski definition) is 3. The monoisotopic (exact) mass is 422 g/mol. The van der Waals surface area contributed by atoms with Gasteiger partial charge in [0, 0.05) is 35.5 Å². The van der Waals surface area contributed by atoms with E-state index in [4.69, 9.17) is 5.11 Å². The number of benzene rings is 1. The number of sulfonamides is 1. The number of aliphatic carboxylic acids is 2. The Morgan fingerprint density at radius 3 is 2.45 bits per heavy atom. The molecule has 0 aliphatic carbocycles. The summed E-state index contributed by atoms with van der Waals surface area (Å²) in [6.45, 7) is 1.17. The fourth-order valence-electron chi connectivity index (χ4n) is 2.64. The number of pyridine rings is 1. The van der Waals surface area contributed by atoms with E-state index >= 15 is 0 Å². The number of carbonyl (C=O) groups excluding carboxylic acids is 1. The zero-order chi connectivity index (χ0) is 21.8. The third-order valence-electron chi connectivity index (χ3n) is 4.02. The number of fused-ring (bicyclic) bond motifs is 3. The van der Waals surface area contributed by atoms with Gasteiger partial charge in [0.15, 0.2) is 0 Å². The Bertz CT molecular complexity index is 1210. The smallest absolute Gasteiger partial charge is 0.318 e. The maximum atomic E-state index is 12.4. The van der Waals surface area contributed by atoms with Gasteiger partial charge in [-0.2, -0.15) is 4.31 Å². The molecule has 0 spiro atoms. The van der Waals surface area contributed by atoms with Crippen LogP contribution in [0.25, 0.3) is 21.8 Å². The molecule has 10 nitrogen and oxygen atoms in total. The first kappa shape index (κ1) is 22.1. The summed E-state index contributed by atoms with van der Waals surface area (Å²) in [5.41, 5.74) is 0.559. The van der Waals surface area contributed by atoms with Crippen molar-refractivity contribution in [2.45, 2.75) is 24.7 Å². The highest BCUT2D eigenvalue weighted by atomic mass is 32.2. The molecule has 3 N–H and O–H groups in total. The van der Waals surface area contributed by atoms with Crippen LogP contribution in [-0.4, -0.2) is 53.3 Å². The minimum atomic E-state index is -3.94. The zero-order valence-corrected chi connectivity index (χ0v) is 16.6. The van der Waals surface area contributed by atoms with Gasteiger partial charge in [0.2, 0.25) is 10.0 Å². The average molecular weight is 422 g/mol. The number of carboxylic acids is 2. The number of aromatic nitrogens is 2. The summed E-state index contributed by atoms with van der Waals surface area (Å²) in [5, 5.41) is 19.4. The lowest BCUT2D eigenvalue weighted by molar-refractivity contribution is -0.305. The summed E-state index contributed by atoms with van der Waals surface area (Å²) in [6, 6.07) is 5.94. The fourth-order valence-corrected chi connectivity index (χ4v) is 3.79. The number of hydrogen-bond acceptors (Lipinski definition) is 6. The van der Waals surface area contributed by atoms with Crippen molar-refractivity contribution >= 4 is 43.8 Å². The molecule has 0 aliphatic rings. The molecule has 2 aromatic heterocycles. The lowest BCUT2D eigenvalue weighted by Gasteiger charge is -2.15.